The van der Waals surface area contributed by atoms with E-state index in [-0.39, 0.29) is 12.5 Å². The molecule has 1 aliphatic heterocycles. The van der Waals surface area contributed by atoms with Crippen molar-refractivity contribution in [3.8, 4) is 5.75 Å². The number of piperidine rings is 1. The Bertz CT molecular complexity index is 529. The van der Waals surface area contributed by atoms with Gasteiger partial charge in [0.15, 0.2) is 6.10 Å². The highest BCUT2D eigenvalue weighted by atomic mass is 16.5. The molecule has 1 amide bonds. The van der Waals surface area contributed by atoms with E-state index in [2.05, 4.69) is 0 Å². The van der Waals surface area contributed by atoms with Crippen LogP contribution in [-0.4, -0.2) is 41.1 Å². The third-order valence-corrected chi connectivity index (χ3v) is 3.73. The number of aliphatic carboxylic acids is 1. The summed E-state index contributed by atoms with van der Waals surface area (Å²) in [6.45, 7) is 4.54. The summed E-state index contributed by atoms with van der Waals surface area (Å²) in [5.74, 6) is -0.793. The number of aryl methyl sites for hydroxylation is 1. The molecule has 0 aliphatic carbocycles. The van der Waals surface area contributed by atoms with Crippen molar-refractivity contribution < 1.29 is 19.4 Å². The zero-order valence-corrected chi connectivity index (χ0v) is 12.4. The summed E-state index contributed by atoms with van der Waals surface area (Å²) in [5, 5.41) is 9.07. The summed E-state index contributed by atoms with van der Waals surface area (Å²) >= 11 is 0. The zero-order chi connectivity index (χ0) is 15.4. The maximum Gasteiger partial charge on any atom is 0.308 e. The van der Waals surface area contributed by atoms with E-state index < -0.39 is 18.0 Å². The monoisotopic (exact) mass is 291 g/mol. The number of benzene rings is 1. The van der Waals surface area contributed by atoms with E-state index in [1.807, 2.05) is 31.2 Å². The predicted molar refractivity (Wildman–Crippen MR) is 78.2 cm³/mol. The van der Waals surface area contributed by atoms with Crippen LogP contribution in [0.25, 0.3) is 0 Å². The van der Waals surface area contributed by atoms with Gasteiger partial charge in [0.2, 0.25) is 0 Å². The van der Waals surface area contributed by atoms with Gasteiger partial charge in [0.1, 0.15) is 5.75 Å². The molecule has 1 unspecified atom stereocenters. The molecule has 1 heterocycles. The van der Waals surface area contributed by atoms with Crippen molar-refractivity contribution in [1.82, 2.24) is 4.90 Å². The maximum atomic E-state index is 12.4. The van der Waals surface area contributed by atoms with E-state index in [9.17, 15) is 9.59 Å². The smallest absolute Gasteiger partial charge is 0.308 e. The first-order chi connectivity index (χ1) is 9.97. The van der Waals surface area contributed by atoms with E-state index in [0.29, 0.717) is 18.7 Å². The first-order valence-corrected chi connectivity index (χ1v) is 7.22. The van der Waals surface area contributed by atoms with Crippen LogP contribution in [0.1, 0.15) is 25.3 Å². The van der Waals surface area contributed by atoms with Gasteiger partial charge in [0, 0.05) is 13.1 Å². The summed E-state index contributed by atoms with van der Waals surface area (Å²) in [4.78, 5) is 25.0. The molecular weight excluding hydrogens is 270 g/mol. The Labute approximate surface area is 124 Å². The summed E-state index contributed by atoms with van der Waals surface area (Å²) < 4.78 is 5.67. The number of carboxylic acids is 1. The summed E-state index contributed by atoms with van der Waals surface area (Å²) in [6, 6.07) is 7.53. The number of nitrogens with zero attached hydrogens (tertiary/aromatic N) is 1. The Hall–Kier alpha value is -2.04. The minimum atomic E-state index is -0.834. The van der Waals surface area contributed by atoms with Crippen LogP contribution in [-0.2, 0) is 9.59 Å². The molecule has 1 saturated heterocycles. The second-order valence-corrected chi connectivity index (χ2v) is 5.54. The molecule has 1 aliphatic rings. The normalized spacial score (nSPS) is 19.9. The first-order valence-electron chi connectivity index (χ1n) is 7.22. The predicted octanol–water partition coefficient (Wildman–Crippen LogP) is 2.09. The number of likely N-dealkylation sites (tertiary alicyclic amines) is 1. The van der Waals surface area contributed by atoms with Crippen molar-refractivity contribution >= 4 is 11.9 Å². The first kappa shape index (κ1) is 15.4. The number of hydrogen-bond acceptors (Lipinski definition) is 3. The van der Waals surface area contributed by atoms with Crippen molar-refractivity contribution in [2.24, 2.45) is 5.92 Å². The number of amides is 1. The molecule has 5 nitrogen and oxygen atoms in total. The van der Waals surface area contributed by atoms with E-state index >= 15 is 0 Å². The molecular formula is C16H21NO4. The molecule has 1 fully saturated rings. The van der Waals surface area contributed by atoms with Crippen LogP contribution < -0.4 is 4.74 Å². The molecule has 0 saturated carbocycles. The lowest BCUT2D eigenvalue weighted by molar-refractivity contribution is -0.147. The number of rotatable bonds is 4. The fraction of sp³-hybridized carbons (Fsp3) is 0.500. The van der Waals surface area contributed by atoms with Gasteiger partial charge in [-0.05, 0) is 44.4 Å². The number of carbonyl (C=O) groups is 2. The van der Waals surface area contributed by atoms with Crippen LogP contribution in [0, 0.1) is 12.8 Å². The Balaban J connectivity index is 1.97. The molecule has 2 rings (SSSR count). The molecule has 1 aromatic rings. The van der Waals surface area contributed by atoms with Gasteiger partial charge in [-0.3, -0.25) is 9.59 Å². The van der Waals surface area contributed by atoms with Crippen LogP contribution in [0.15, 0.2) is 24.3 Å². The van der Waals surface area contributed by atoms with Crippen LogP contribution in [0.4, 0.5) is 0 Å². The van der Waals surface area contributed by atoms with Gasteiger partial charge in [0.05, 0.1) is 5.92 Å². The molecule has 114 valence electrons. The lowest BCUT2D eigenvalue weighted by atomic mass is 9.98. The molecule has 5 heteroatoms. The lowest BCUT2D eigenvalue weighted by Gasteiger charge is -2.32. The van der Waals surface area contributed by atoms with Crippen molar-refractivity contribution in [1.29, 1.82) is 0 Å². The minimum Gasteiger partial charge on any atom is -0.481 e. The molecule has 1 N–H and O–H groups in total. The molecule has 0 spiro atoms. The zero-order valence-electron chi connectivity index (χ0n) is 12.4. The third-order valence-electron chi connectivity index (χ3n) is 3.73. The van der Waals surface area contributed by atoms with Gasteiger partial charge in [-0.2, -0.15) is 0 Å². The quantitative estimate of drug-likeness (QED) is 0.922. The lowest BCUT2D eigenvalue weighted by Crippen LogP contribution is -2.47. The van der Waals surface area contributed by atoms with E-state index in [4.69, 9.17) is 9.84 Å². The molecule has 0 aromatic heterocycles. The van der Waals surface area contributed by atoms with Crippen LogP contribution in [0.2, 0.25) is 0 Å². The Morgan fingerprint density at radius 3 is 2.86 bits per heavy atom. The van der Waals surface area contributed by atoms with Gasteiger partial charge in [-0.1, -0.05) is 12.1 Å². The van der Waals surface area contributed by atoms with Crippen molar-refractivity contribution in [3.63, 3.8) is 0 Å². The molecule has 0 radical (unpaired) electrons. The van der Waals surface area contributed by atoms with E-state index in [1.54, 1.807) is 11.8 Å². The SMILES string of the molecule is Cc1cccc(OC(C)C(=O)N2CCC[C@H](C(=O)O)C2)c1. The van der Waals surface area contributed by atoms with Crippen molar-refractivity contribution in [3.05, 3.63) is 29.8 Å². The Morgan fingerprint density at radius 1 is 1.43 bits per heavy atom. The highest BCUT2D eigenvalue weighted by Crippen LogP contribution is 2.19. The van der Waals surface area contributed by atoms with Crippen LogP contribution in [0.3, 0.4) is 0 Å². The third kappa shape index (κ3) is 3.97. The second-order valence-electron chi connectivity index (χ2n) is 5.54. The summed E-state index contributed by atoms with van der Waals surface area (Å²) in [6.07, 6.45) is 0.742. The molecule has 0 bridgehead atoms. The Kier molecular flexibility index (Phi) is 4.83. The van der Waals surface area contributed by atoms with E-state index in [1.165, 1.54) is 0 Å². The summed E-state index contributed by atoms with van der Waals surface area (Å²) in [5.41, 5.74) is 1.07. The Morgan fingerprint density at radius 2 is 2.19 bits per heavy atom. The average molecular weight is 291 g/mol. The topological polar surface area (TPSA) is 66.8 Å². The van der Waals surface area contributed by atoms with Gasteiger partial charge in [0.25, 0.3) is 5.91 Å². The highest BCUT2D eigenvalue weighted by molar-refractivity contribution is 5.82. The van der Waals surface area contributed by atoms with Crippen molar-refractivity contribution in [2.75, 3.05) is 13.1 Å². The maximum absolute atomic E-state index is 12.4. The van der Waals surface area contributed by atoms with Gasteiger partial charge >= 0.3 is 5.97 Å². The van der Waals surface area contributed by atoms with Gasteiger partial charge in [-0.15, -0.1) is 0 Å². The summed E-state index contributed by atoms with van der Waals surface area (Å²) in [7, 11) is 0. The largest absolute Gasteiger partial charge is 0.481 e. The number of hydrogen-bond donors (Lipinski definition) is 1. The van der Waals surface area contributed by atoms with Crippen LogP contribution in [0.5, 0.6) is 5.75 Å². The fourth-order valence-electron chi connectivity index (χ4n) is 2.58. The molecule has 1 aromatic carbocycles. The van der Waals surface area contributed by atoms with E-state index in [0.717, 1.165) is 12.0 Å². The minimum absolute atomic E-state index is 0.151. The highest BCUT2D eigenvalue weighted by Gasteiger charge is 2.30. The van der Waals surface area contributed by atoms with Gasteiger partial charge in [-0.25, -0.2) is 0 Å². The second kappa shape index (κ2) is 6.61. The van der Waals surface area contributed by atoms with Gasteiger partial charge < -0.3 is 14.7 Å². The molecule has 2 atom stereocenters. The number of ether oxygens (including phenoxy) is 1. The fourth-order valence-corrected chi connectivity index (χ4v) is 2.58. The van der Waals surface area contributed by atoms with Crippen LogP contribution >= 0.6 is 0 Å². The average Bonchev–Trinajstić information content (AvgIpc) is 2.46. The number of carbonyl (C=O) groups excluding carboxylic acids is 1. The molecule has 21 heavy (non-hydrogen) atoms. The standard InChI is InChI=1S/C16H21NO4/c1-11-5-3-7-14(9-11)21-12(2)15(18)17-8-4-6-13(10-17)16(19)20/h3,5,7,9,12-13H,4,6,8,10H2,1-2H3,(H,19,20)/t12?,13-/m0/s1. The number of carboxylic acid groups (broad SMARTS) is 1. The van der Waals surface area contributed by atoms with Crippen molar-refractivity contribution in [2.45, 2.75) is 32.8 Å².